The van der Waals surface area contributed by atoms with Crippen LogP contribution < -0.4 is 5.32 Å². The average molecular weight is 308 g/mol. The zero-order valence-electron chi connectivity index (χ0n) is 11.6. The summed E-state index contributed by atoms with van der Waals surface area (Å²) in [6, 6.07) is 7.99. The van der Waals surface area contributed by atoms with E-state index in [1.54, 1.807) is 12.4 Å². The minimum absolute atomic E-state index is 0.258. The largest absolute Gasteiger partial charge is 0.310 e. The topological polar surface area (TPSA) is 37.8 Å². The standard InChI is InChI=1S/C15H18ClN3S/c1-3-8-17-11(2)12-6-4-9-18-14(12)20-15-13(16)7-5-10-19-15/h4-7,9-11,17H,3,8H2,1-2H3. The molecule has 106 valence electrons. The van der Waals surface area contributed by atoms with Crippen LogP contribution in [0.1, 0.15) is 31.9 Å². The maximum absolute atomic E-state index is 6.16. The SMILES string of the molecule is CCCNC(C)c1cccnc1Sc1ncccc1Cl. The number of pyridine rings is 2. The second-order valence-corrected chi connectivity index (χ2v) is 5.85. The summed E-state index contributed by atoms with van der Waals surface area (Å²) in [4.78, 5) is 8.78. The fraction of sp³-hybridized carbons (Fsp3) is 0.333. The van der Waals surface area contributed by atoms with Crippen molar-refractivity contribution in [1.29, 1.82) is 0 Å². The molecule has 0 bridgehead atoms. The molecule has 20 heavy (non-hydrogen) atoms. The van der Waals surface area contributed by atoms with E-state index in [0.717, 1.165) is 23.0 Å². The van der Waals surface area contributed by atoms with E-state index in [9.17, 15) is 0 Å². The van der Waals surface area contributed by atoms with Crippen molar-refractivity contribution < 1.29 is 0 Å². The molecule has 0 aromatic carbocycles. The lowest BCUT2D eigenvalue weighted by Gasteiger charge is -2.16. The Morgan fingerprint density at radius 2 is 1.90 bits per heavy atom. The van der Waals surface area contributed by atoms with E-state index in [-0.39, 0.29) is 6.04 Å². The number of aromatic nitrogens is 2. The highest BCUT2D eigenvalue weighted by Gasteiger charge is 2.13. The molecule has 0 saturated heterocycles. The predicted molar refractivity (Wildman–Crippen MR) is 84.3 cm³/mol. The predicted octanol–water partition coefficient (Wildman–Crippen LogP) is 4.34. The van der Waals surface area contributed by atoms with Crippen LogP contribution in [-0.2, 0) is 0 Å². The van der Waals surface area contributed by atoms with Gasteiger partial charge in [0.2, 0.25) is 0 Å². The Labute approximate surface area is 129 Å². The Hall–Kier alpha value is -1.10. The van der Waals surface area contributed by atoms with Crippen LogP contribution in [0.3, 0.4) is 0 Å². The summed E-state index contributed by atoms with van der Waals surface area (Å²) < 4.78 is 0. The maximum atomic E-state index is 6.16. The highest BCUT2D eigenvalue weighted by Crippen LogP contribution is 2.33. The van der Waals surface area contributed by atoms with Crippen LogP contribution in [0, 0.1) is 0 Å². The second kappa shape index (κ2) is 7.62. The van der Waals surface area contributed by atoms with E-state index in [0.29, 0.717) is 5.02 Å². The van der Waals surface area contributed by atoms with Gasteiger partial charge in [-0.05, 0) is 49.9 Å². The first-order valence-electron chi connectivity index (χ1n) is 6.69. The third-order valence-electron chi connectivity index (χ3n) is 2.89. The van der Waals surface area contributed by atoms with Crippen molar-refractivity contribution in [2.24, 2.45) is 0 Å². The van der Waals surface area contributed by atoms with Crippen molar-refractivity contribution in [3.63, 3.8) is 0 Å². The summed E-state index contributed by atoms with van der Waals surface area (Å²) in [6.07, 6.45) is 4.66. The molecule has 2 heterocycles. The van der Waals surface area contributed by atoms with Gasteiger partial charge in [-0.1, -0.05) is 24.6 Å². The molecular weight excluding hydrogens is 290 g/mol. The molecule has 1 N–H and O–H groups in total. The van der Waals surface area contributed by atoms with Crippen molar-refractivity contribution >= 4 is 23.4 Å². The number of halogens is 1. The summed E-state index contributed by atoms with van der Waals surface area (Å²) >= 11 is 7.67. The number of nitrogens with zero attached hydrogens (tertiary/aromatic N) is 2. The van der Waals surface area contributed by atoms with Crippen LogP contribution in [0.25, 0.3) is 0 Å². The Kier molecular flexibility index (Phi) is 5.83. The van der Waals surface area contributed by atoms with Gasteiger partial charge in [0.05, 0.1) is 5.02 Å². The van der Waals surface area contributed by atoms with Gasteiger partial charge in [-0.25, -0.2) is 9.97 Å². The molecule has 1 unspecified atom stereocenters. The summed E-state index contributed by atoms with van der Waals surface area (Å²) in [7, 11) is 0. The summed E-state index contributed by atoms with van der Waals surface area (Å²) in [5.74, 6) is 0. The molecule has 2 aromatic rings. The van der Waals surface area contributed by atoms with Crippen LogP contribution >= 0.6 is 23.4 Å². The molecule has 3 nitrogen and oxygen atoms in total. The first-order valence-corrected chi connectivity index (χ1v) is 7.88. The van der Waals surface area contributed by atoms with Crippen molar-refractivity contribution in [1.82, 2.24) is 15.3 Å². The van der Waals surface area contributed by atoms with Crippen LogP contribution in [0.2, 0.25) is 5.02 Å². The summed E-state index contributed by atoms with van der Waals surface area (Å²) in [5.41, 5.74) is 1.17. The Morgan fingerprint density at radius 1 is 1.20 bits per heavy atom. The van der Waals surface area contributed by atoms with Gasteiger partial charge >= 0.3 is 0 Å². The second-order valence-electron chi connectivity index (χ2n) is 4.47. The molecule has 0 aliphatic heterocycles. The van der Waals surface area contributed by atoms with Crippen molar-refractivity contribution in [3.05, 3.63) is 47.2 Å². The number of nitrogens with one attached hydrogen (secondary N) is 1. The van der Waals surface area contributed by atoms with Gasteiger partial charge in [-0.15, -0.1) is 0 Å². The number of rotatable bonds is 6. The molecule has 0 aliphatic carbocycles. The molecule has 0 radical (unpaired) electrons. The van der Waals surface area contributed by atoms with Gasteiger partial charge in [-0.2, -0.15) is 0 Å². The molecule has 0 spiro atoms. The maximum Gasteiger partial charge on any atom is 0.121 e. The van der Waals surface area contributed by atoms with Gasteiger partial charge in [0.1, 0.15) is 10.1 Å². The third kappa shape index (κ3) is 3.95. The van der Waals surface area contributed by atoms with Gasteiger partial charge < -0.3 is 5.32 Å². The van der Waals surface area contributed by atoms with Crippen molar-refractivity contribution in [3.8, 4) is 0 Å². The highest BCUT2D eigenvalue weighted by atomic mass is 35.5. The average Bonchev–Trinajstić information content (AvgIpc) is 2.48. The van der Waals surface area contributed by atoms with Crippen LogP contribution in [0.5, 0.6) is 0 Å². The molecule has 0 amide bonds. The van der Waals surface area contributed by atoms with E-state index >= 15 is 0 Å². The number of hydrogen-bond acceptors (Lipinski definition) is 4. The van der Waals surface area contributed by atoms with Gasteiger partial charge in [0.25, 0.3) is 0 Å². The van der Waals surface area contributed by atoms with Crippen LogP contribution in [0.4, 0.5) is 0 Å². The fourth-order valence-corrected chi connectivity index (χ4v) is 3.00. The summed E-state index contributed by atoms with van der Waals surface area (Å²) in [6.45, 7) is 5.30. The molecule has 1 atom stereocenters. The monoisotopic (exact) mass is 307 g/mol. The van der Waals surface area contributed by atoms with E-state index in [1.807, 2.05) is 18.2 Å². The number of hydrogen-bond donors (Lipinski definition) is 1. The summed E-state index contributed by atoms with van der Waals surface area (Å²) in [5, 5.41) is 5.88. The molecule has 2 aromatic heterocycles. The fourth-order valence-electron chi connectivity index (χ4n) is 1.83. The molecule has 0 fully saturated rings. The van der Waals surface area contributed by atoms with Crippen LogP contribution in [0.15, 0.2) is 46.7 Å². The lowest BCUT2D eigenvalue weighted by atomic mass is 10.1. The molecule has 5 heteroatoms. The quantitative estimate of drug-likeness (QED) is 0.861. The highest BCUT2D eigenvalue weighted by molar-refractivity contribution is 7.99. The zero-order valence-corrected chi connectivity index (χ0v) is 13.2. The first kappa shape index (κ1) is 15.3. The Morgan fingerprint density at radius 3 is 2.60 bits per heavy atom. The van der Waals surface area contributed by atoms with Gasteiger partial charge in [-0.3, -0.25) is 0 Å². The zero-order chi connectivity index (χ0) is 14.4. The minimum Gasteiger partial charge on any atom is -0.310 e. The van der Waals surface area contributed by atoms with Crippen LogP contribution in [-0.4, -0.2) is 16.5 Å². The van der Waals surface area contributed by atoms with E-state index < -0.39 is 0 Å². The smallest absolute Gasteiger partial charge is 0.121 e. The van der Waals surface area contributed by atoms with Crippen molar-refractivity contribution in [2.75, 3.05) is 6.54 Å². The Bertz CT molecular complexity index is 562. The van der Waals surface area contributed by atoms with Crippen molar-refractivity contribution in [2.45, 2.75) is 36.4 Å². The van der Waals surface area contributed by atoms with E-state index in [2.05, 4.69) is 35.2 Å². The first-order chi connectivity index (χ1) is 9.72. The van der Waals surface area contributed by atoms with E-state index in [4.69, 9.17) is 11.6 Å². The molecule has 0 aliphatic rings. The normalized spacial score (nSPS) is 12.3. The Balaban J connectivity index is 2.22. The minimum atomic E-state index is 0.258. The molecule has 0 saturated carbocycles. The molecule has 2 rings (SSSR count). The lowest BCUT2D eigenvalue weighted by molar-refractivity contribution is 0.560. The lowest BCUT2D eigenvalue weighted by Crippen LogP contribution is -2.20. The van der Waals surface area contributed by atoms with Gasteiger partial charge in [0.15, 0.2) is 0 Å². The molecular formula is C15H18ClN3S. The van der Waals surface area contributed by atoms with E-state index in [1.165, 1.54) is 17.3 Å². The third-order valence-corrected chi connectivity index (χ3v) is 4.36. The van der Waals surface area contributed by atoms with Gasteiger partial charge in [0, 0.05) is 24.0 Å².